The summed E-state index contributed by atoms with van der Waals surface area (Å²) in [5, 5.41) is 58.4. The summed E-state index contributed by atoms with van der Waals surface area (Å²) < 4.78 is 11.4. The maximum atomic E-state index is 13.6. The quantitative estimate of drug-likeness (QED) is 0.299. The molecule has 2 saturated carbocycles. The zero-order valence-electron chi connectivity index (χ0n) is 20.9. The summed E-state index contributed by atoms with van der Waals surface area (Å²) in [5.74, 6) is -3.19. The van der Waals surface area contributed by atoms with Crippen LogP contribution < -0.4 is 0 Å². The SMILES string of the molecule is CC1=C2[C@@]3(O)C(=O)OC(C)(C)[C@]2(CC1)[C@@H](O)C1[C@](O)(CO)[C@@H](OC(=O)c2ccccc2)C[C@H](O)[C@]13C. The molecule has 1 saturated heterocycles. The van der Waals surface area contributed by atoms with Crippen LogP contribution in [0.3, 0.4) is 0 Å². The third-order valence-corrected chi connectivity index (χ3v) is 9.83. The second-order valence-electron chi connectivity index (χ2n) is 11.6. The van der Waals surface area contributed by atoms with Gasteiger partial charge in [0.1, 0.15) is 17.3 Å². The molecule has 1 aliphatic heterocycles. The van der Waals surface area contributed by atoms with Crippen molar-refractivity contribution in [2.45, 2.75) is 82.1 Å². The van der Waals surface area contributed by atoms with Crippen LogP contribution >= 0.6 is 0 Å². The van der Waals surface area contributed by atoms with Gasteiger partial charge in [-0.2, -0.15) is 0 Å². The molecule has 8 atom stereocenters. The van der Waals surface area contributed by atoms with Gasteiger partial charge in [0, 0.05) is 17.8 Å². The van der Waals surface area contributed by atoms with Gasteiger partial charge in [0.15, 0.2) is 5.60 Å². The van der Waals surface area contributed by atoms with Crippen molar-refractivity contribution in [3.05, 3.63) is 47.0 Å². The summed E-state index contributed by atoms with van der Waals surface area (Å²) in [7, 11) is 0. The highest BCUT2D eigenvalue weighted by atomic mass is 16.6. The first-order chi connectivity index (χ1) is 16.7. The Kier molecular flexibility index (Phi) is 5.36. The molecule has 3 fully saturated rings. The van der Waals surface area contributed by atoms with Gasteiger partial charge in [-0.05, 0) is 51.3 Å². The van der Waals surface area contributed by atoms with Gasteiger partial charge in [-0.1, -0.05) is 30.7 Å². The van der Waals surface area contributed by atoms with E-state index in [0.717, 1.165) is 5.57 Å². The largest absolute Gasteiger partial charge is 0.456 e. The minimum absolute atomic E-state index is 0.209. The highest BCUT2D eigenvalue weighted by Crippen LogP contribution is 2.73. The monoisotopic (exact) mass is 502 g/mol. The zero-order valence-corrected chi connectivity index (χ0v) is 20.9. The van der Waals surface area contributed by atoms with Gasteiger partial charge < -0.3 is 35.0 Å². The number of hydrogen-bond donors (Lipinski definition) is 5. The molecule has 4 aliphatic rings. The number of allylic oxidation sites excluding steroid dienone is 1. The van der Waals surface area contributed by atoms with E-state index in [1.165, 1.54) is 19.1 Å². The summed E-state index contributed by atoms with van der Waals surface area (Å²) in [6.07, 6.45) is -3.97. The highest BCUT2D eigenvalue weighted by Gasteiger charge is 2.84. The number of hydrogen-bond acceptors (Lipinski definition) is 9. The Bertz CT molecular complexity index is 1150. The molecule has 5 N–H and O–H groups in total. The Balaban J connectivity index is 1.69. The Morgan fingerprint density at radius 3 is 2.39 bits per heavy atom. The van der Waals surface area contributed by atoms with E-state index in [0.29, 0.717) is 18.4 Å². The number of ether oxygens (including phenoxy) is 2. The van der Waals surface area contributed by atoms with Crippen LogP contribution in [0.15, 0.2) is 41.5 Å². The van der Waals surface area contributed by atoms with E-state index in [2.05, 4.69) is 0 Å². The second-order valence-corrected chi connectivity index (χ2v) is 11.6. The molecular weight excluding hydrogens is 468 g/mol. The molecule has 1 aromatic rings. The molecule has 1 aromatic carbocycles. The molecule has 36 heavy (non-hydrogen) atoms. The highest BCUT2D eigenvalue weighted by molar-refractivity contribution is 5.90. The van der Waals surface area contributed by atoms with E-state index in [-0.39, 0.29) is 12.0 Å². The maximum Gasteiger partial charge on any atom is 0.343 e. The van der Waals surface area contributed by atoms with Crippen molar-refractivity contribution in [1.82, 2.24) is 0 Å². The third-order valence-electron chi connectivity index (χ3n) is 9.83. The molecule has 1 unspecified atom stereocenters. The van der Waals surface area contributed by atoms with Crippen LogP contribution in [-0.4, -0.2) is 79.2 Å². The van der Waals surface area contributed by atoms with E-state index in [1.807, 2.05) is 0 Å². The van der Waals surface area contributed by atoms with Crippen LogP contribution in [0.1, 0.15) is 57.3 Å². The first-order valence-electron chi connectivity index (χ1n) is 12.4. The lowest BCUT2D eigenvalue weighted by Crippen LogP contribution is -2.85. The van der Waals surface area contributed by atoms with Crippen LogP contribution in [0.5, 0.6) is 0 Å². The lowest BCUT2D eigenvalue weighted by Gasteiger charge is -2.71. The molecule has 0 spiro atoms. The van der Waals surface area contributed by atoms with E-state index in [4.69, 9.17) is 9.47 Å². The van der Waals surface area contributed by atoms with E-state index in [1.54, 1.807) is 39.0 Å². The normalized spacial score (nSPS) is 45.0. The fourth-order valence-corrected chi connectivity index (χ4v) is 7.94. The van der Waals surface area contributed by atoms with Crippen molar-refractivity contribution < 1.29 is 44.6 Å². The van der Waals surface area contributed by atoms with Gasteiger partial charge in [0.25, 0.3) is 0 Å². The topological polar surface area (TPSA) is 154 Å². The number of aliphatic hydroxyl groups excluding tert-OH is 3. The molecule has 9 nitrogen and oxygen atoms in total. The van der Waals surface area contributed by atoms with Crippen LogP contribution in [-0.2, 0) is 14.3 Å². The number of fused-ring (bicyclic) bond motifs is 2. The van der Waals surface area contributed by atoms with Crippen molar-refractivity contribution in [1.29, 1.82) is 0 Å². The standard InChI is InChI=1S/C27H34O9/c1-14-10-11-25-18(14)27(34,22(32)36-23(25,2)3)24(4)16(29)12-17(26(33,13-28)19(24)20(25)30)35-21(31)15-8-6-5-7-9-15/h5-9,16-17,19-20,28-30,33-34H,10-13H2,1-4H3/t16-,17-,19?,20-,24+,25-,26-,27+/m0/s1. The number of rotatable bonds is 3. The molecule has 0 aromatic heterocycles. The van der Waals surface area contributed by atoms with Crippen LogP contribution in [0.2, 0.25) is 0 Å². The van der Waals surface area contributed by atoms with Crippen molar-refractivity contribution in [2.75, 3.05) is 6.61 Å². The lowest BCUT2D eigenvalue weighted by atomic mass is 9.38. The van der Waals surface area contributed by atoms with Crippen LogP contribution in [0, 0.1) is 16.7 Å². The van der Waals surface area contributed by atoms with Crippen molar-refractivity contribution in [3.8, 4) is 0 Å². The Hall–Kier alpha value is -2.30. The van der Waals surface area contributed by atoms with Gasteiger partial charge in [0.05, 0.1) is 29.8 Å². The Labute approximate surface area is 209 Å². The lowest BCUT2D eigenvalue weighted by molar-refractivity contribution is -0.340. The van der Waals surface area contributed by atoms with Crippen LogP contribution in [0.4, 0.5) is 0 Å². The maximum absolute atomic E-state index is 13.6. The number of carbonyl (C=O) groups is 2. The number of benzene rings is 1. The Morgan fingerprint density at radius 1 is 1.14 bits per heavy atom. The zero-order chi connectivity index (χ0) is 26.5. The molecule has 9 heteroatoms. The van der Waals surface area contributed by atoms with Crippen LogP contribution in [0.25, 0.3) is 0 Å². The summed E-state index contributed by atoms with van der Waals surface area (Å²) in [6.45, 7) is 5.57. The minimum atomic E-state index is -2.37. The van der Waals surface area contributed by atoms with Gasteiger partial charge >= 0.3 is 11.9 Å². The molecule has 196 valence electrons. The second kappa shape index (κ2) is 7.61. The first-order valence-corrected chi connectivity index (χ1v) is 12.4. The first kappa shape index (κ1) is 25.4. The van der Waals surface area contributed by atoms with Gasteiger partial charge in [0.2, 0.25) is 0 Å². The smallest absolute Gasteiger partial charge is 0.343 e. The van der Waals surface area contributed by atoms with E-state index in [9.17, 15) is 35.1 Å². The number of esters is 2. The van der Waals surface area contributed by atoms with Crippen molar-refractivity contribution >= 4 is 11.9 Å². The average molecular weight is 503 g/mol. The molecule has 0 radical (unpaired) electrons. The fraction of sp³-hybridized carbons (Fsp3) is 0.630. The molecule has 5 rings (SSSR count). The van der Waals surface area contributed by atoms with Gasteiger partial charge in [-0.3, -0.25) is 0 Å². The number of cyclic esters (lactones) is 1. The summed E-state index contributed by atoms with van der Waals surface area (Å²) >= 11 is 0. The molecule has 1 heterocycles. The van der Waals surface area contributed by atoms with Gasteiger partial charge in [-0.25, -0.2) is 9.59 Å². The molecule has 2 bridgehead atoms. The summed E-state index contributed by atoms with van der Waals surface area (Å²) in [4.78, 5) is 26.4. The fourth-order valence-electron chi connectivity index (χ4n) is 7.94. The number of aliphatic hydroxyl groups is 5. The van der Waals surface area contributed by atoms with Gasteiger partial charge in [-0.15, -0.1) is 0 Å². The van der Waals surface area contributed by atoms with Crippen molar-refractivity contribution in [3.63, 3.8) is 0 Å². The molecule has 0 amide bonds. The molecule has 3 aliphatic carbocycles. The third kappa shape index (κ3) is 2.67. The van der Waals surface area contributed by atoms with E-state index < -0.39 is 70.4 Å². The molecular formula is C27H34O9. The Morgan fingerprint density at radius 2 is 1.78 bits per heavy atom. The summed E-state index contributed by atoms with van der Waals surface area (Å²) in [6, 6.07) is 8.08. The van der Waals surface area contributed by atoms with E-state index >= 15 is 0 Å². The summed E-state index contributed by atoms with van der Waals surface area (Å²) in [5.41, 5.74) is -7.81. The average Bonchev–Trinajstić information content (AvgIpc) is 3.21. The predicted molar refractivity (Wildman–Crippen MR) is 125 cm³/mol. The van der Waals surface area contributed by atoms with Crippen molar-refractivity contribution in [2.24, 2.45) is 16.7 Å². The minimum Gasteiger partial charge on any atom is -0.456 e. The predicted octanol–water partition coefficient (Wildman–Crippen LogP) is 0.860. The number of carbonyl (C=O) groups excluding carboxylic acids is 2.